The van der Waals surface area contributed by atoms with Gasteiger partial charge in [0.1, 0.15) is 0 Å². The lowest BCUT2D eigenvalue weighted by atomic mass is 9.92. The van der Waals surface area contributed by atoms with Gasteiger partial charge < -0.3 is 5.32 Å². The van der Waals surface area contributed by atoms with Crippen molar-refractivity contribution in [1.82, 2.24) is 10.4 Å². The second kappa shape index (κ2) is 4.58. The van der Waals surface area contributed by atoms with E-state index in [0.717, 1.165) is 19.4 Å². The third-order valence-electron chi connectivity index (χ3n) is 2.56. The topological polar surface area (TPSA) is 41.6 Å². The fourth-order valence-electron chi connectivity index (χ4n) is 1.70. The van der Waals surface area contributed by atoms with Crippen LogP contribution in [0.2, 0.25) is 0 Å². The van der Waals surface area contributed by atoms with Crippen molar-refractivity contribution in [3.63, 3.8) is 0 Å². The lowest BCUT2D eigenvalue weighted by Gasteiger charge is -2.29. The molecule has 4 nitrogen and oxygen atoms in total. The molecule has 0 spiro atoms. The fourth-order valence-corrected chi connectivity index (χ4v) is 1.70. The number of hydrogen-bond acceptors (Lipinski definition) is 3. The van der Waals surface area contributed by atoms with Gasteiger partial charge in [-0.3, -0.25) is 9.63 Å². The second-order valence-corrected chi connectivity index (χ2v) is 3.59. The summed E-state index contributed by atoms with van der Waals surface area (Å²) in [6.07, 6.45) is 1.82. The monoisotopic (exact) mass is 186 g/mol. The van der Waals surface area contributed by atoms with Gasteiger partial charge in [0.15, 0.2) is 0 Å². The van der Waals surface area contributed by atoms with Crippen molar-refractivity contribution in [2.45, 2.75) is 25.8 Å². The van der Waals surface area contributed by atoms with Crippen molar-refractivity contribution >= 4 is 5.91 Å². The van der Waals surface area contributed by atoms with E-state index in [4.69, 9.17) is 4.84 Å². The molecule has 0 aliphatic carbocycles. The maximum Gasteiger partial charge on any atom is 0.249 e. The normalized spacial score (nSPS) is 28.5. The maximum absolute atomic E-state index is 11.6. The van der Waals surface area contributed by atoms with Gasteiger partial charge in [0, 0.05) is 19.0 Å². The van der Waals surface area contributed by atoms with Crippen LogP contribution in [0, 0.1) is 5.92 Å². The van der Waals surface area contributed by atoms with Crippen LogP contribution in [0.4, 0.5) is 0 Å². The molecule has 0 aromatic rings. The lowest BCUT2D eigenvalue weighted by molar-refractivity contribution is -0.174. The number of nitrogens with one attached hydrogen (secondary N) is 1. The number of hydroxylamine groups is 2. The first kappa shape index (κ1) is 10.5. The summed E-state index contributed by atoms with van der Waals surface area (Å²) in [4.78, 5) is 16.5. The first-order chi connectivity index (χ1) is 6.15. The number of rotatable bonds is 2. The van der Waals surface area contributed by atoms with E-state index in [-0.39, 0.29) is 11.8 Å². The van der Waals surface area contributed by atoms with Crippen molar-refractivity contribution < 1.29 is 9.63 Å². The smallest absolute Gasteiger partial charge is 0.249 e. The Kier molecular flexibility index (Phi) is 3.69. The van der Waals surface area contributed by atoms with Crippen LogP contribution in [0.15, 0.2) is 0 Å². The van der Waals surface area contributed by atoms with E-state index >= 15 is 0 Å². The molecule has 1 heterocycles. The Labute approximate surface area is 79.2 Å². The van der Waals surface area contributed by atoms with E-state index < -0.39 is 0 Å². The predicted molar refractivity (Wildman–Crippen MR) is 50.0 cm³/mol. The van der Waals surface area contributed by atoms with Crippen LogP contribution in [0.3, 0.4) is 0 Å². The zero-order chi connectivity index (χ0) is 9.84. The van der Waals surface area contributed by atoms with Crippen molar-refractivity contribution in [1.29, 1.82) is 0 Å². The molecule has 0 unspecified atom stereocenters. The van der Waals surface area contributed by atoms with Crippen molar-refractivity contribution in [3.8, 4) is 0 Å². The number of carbonyl (C=O) groups is 1. The van der Waals surface area contributed by atoms with E-state index in [1.54, 1.807) is 7.05 Å². The van der Waals surface area contributed by atoms with E-state index in [9.17, 15) is 4.79 Å². The molecule has 1 aliphatic heterocycles. The summed E-state index contributed by atoms with van der Waals surface area (Å²) in [7, 11) is 3.18. The largest absolute Gasteiger partial charge is 0.314 e. The van der Waals surface area contributed by atoms with Gasteiger partial charge >= 0.3 is 0 Å². The van der Waals surface area contributed by atoms with Crippen LogP contribution in [0.25, 0.3) is 0 Å². The molecule has 1 amide bonds. The molecular formula is C9H18N2O2. The van der Waals surface area contributed by atoms with Crippen LogP contribution >= 0.6 is 0 Å². The minimum absolute atomic E-state index is 0.0934. The molecule has 1 N–H and O–H groups in total. The molecule has 0 saturated carbocycles. The number of amides is 1. The molecule has 1 saturated heterocycles. The molecule has 76 valence electrons. The Balaban J connectivity index is 2.46. The average Bonchev–Trinajstić information content (AvgIpc) is 2.15. The molecule has 0 radical (unpaired) electrons. The summed E-state index contributed by atoms with van der Waals surface area (Å²) < 4.78 is 0. The van der Waals surface area contributed by atoms with Crippen LogP contribution in [-0.2, 0) is 9.63 Å². The third kappa shape index (κ3) is 2.67. The molecule has 1 fully saturated rings. The summed E-state index contributed by atoms with van der Waals surface area (Å²) >= 11 is 0. The summed E-state index contributed by atoms with van der Waals surface area (Å²) in [6.45, 7) is 3.03. The van der Waals surface area contributed by atoms with E-state index in [2.05, 4.69) is 12.2 Å². The summed E-state index contributed by atoms with van der Waals surface area (Å²) in [6, 6.07) is 0.438. The molecule has 0 aromatic carbocycles. The van der Waals surface area contributed by atoms with Crippen LogP contribution < -0.4 is 5.32 Å². The van der Waals surface area contributed by atoms with Gasteiger partial charge in [-0.05, 0) is 26.3 Å². The van der Waals surface area contributed by atoms with Gasteiger partial charge in [0.25, 0.3) is 0 Å². The minimum atomic E-state index is 0.0934. The van der Waals surface area contributed by atoms with Crippen LogP contribution in [-0.4, -0.2) is 37.7 Å². The zero-order valence-electron chi connectivity index (χ0n) is 8.54. The first-order valence-corrected chi connectivity index (χ1v) is 4.70. The van der Waals surface area contributed by atoms with Crippen molar-refractivity contribution in [3.05, 3.63) is 0 Å². The van der Waals surface area contributed by atoms with Gasteiger partial charge in [-0.2, -0.15) is 0 Å². The van der Waals surface area contributed by atoms with Crippen LogP contribution in [0.5, 0.6) is 0 Å². The van der Waals surface area contributed by atoms with Gasteiger partial charge in [-0.1, -0.05) is 0 Å². The molecule has 1 rings (SSSR count). The Morgan fingerprint density at radius 3 is 2.85 bits per heavy atom. The first-order valence-electron chi connectivity index (χ1n) is 4.70. The number of nitrogens with zero attached hydrogens (tertiary/aromatic N) is 1. The highest BCUT2D eigenvalue weighted by Gasteiger charge is 2.26. The highest BCUT2D eigenvalue weighted by Crippen LogP contribution is 2.17. The lowest BCUT2D eigenvalue weighted by Crippen LogP contribution is -2.42. The molecule has 0 aromatic heterocycles. The molecule has 0 bridgehead atoms. The Morgan fingerprint density at radius 1 is 1.62 bits per heavy atom. The van der Waals surface area contributed by atoms with E-state index in [0.29, 0.717) is 6.04 Å². The highest BCUT2D eigenvalue weighted by molar-refractivity contribution is 5.77. The number of carbonyl (C=O) groups excluding carboxylic acids is 1. The van der Waals surface area contributed by atoms with Gasteiger partial charge in [-0.25, -0.2) is 5.06 Å². The Bertz CT molecular complexity index is 184. The van der Waals surface area contributed by atoms with Crippen molar-refractivity contribution in [2.24, 2.45) is 5.92 Å². The Morgan fingerprint density at radius 2 is 2.31 bits per heavy atom. The van der Waals surface area contributed by atoms with Gasteiger partial charge in [0.05, 0.1) is 7.11 Å². The highest BCUT2D eigenvalue weighted by atomic mass is 16.7. The number of hydrogen-bond donors (Lipinski definition) is 1. The Hall–Kier alpha value is -0.610. The summed E-state index contributed by atoms with van der Waals surface area (Å²) in [5.41, 5.74) is 0. The standard InChI is InChI=1S/C9H18N2O2/c1-7-6-8(4-5-10-7)9(12)11(2)13-3/h7-8,10H,4-6H2,1-3H3/t7-,8-/m0/s1. The van der Waals surface area contributed by atoms with Gasteiger partial charge in [0.2, 0.25) is 5.91 Å². The third-order valence-corrected chi connectivity index (χ3v) is 2.56. The molecule has 13 heavy (non-hydrogen) atoms. The molecule has 2 atom stereocenters. The van der Waals surface area contributed by atoms with E-state index in [1.165, 1.54) is 12.2 Å². The SMILES string of the molecule is CON(C)C(=O)[C@H]1CCN[C@@H](C)C1. The van der Waals surface area contributed by atoms with Crippen molar-refractivity contribution in [2.75, 3.05) is 20.7 Å². The summed E-state index contributed by atoms with van der Waals surface area (Å²) in [5.74, 6) is 0.219. The fraction of sp³-hybridized carbons (Fsp3) is 0.889. The molecule has 1 aliphatic rings. The maximum atomic E-state index is 11.6. The molecular weight excluding hydrogens is 168 g/mol. The average molecular weight is 186 g/mol. The molecule has 4 heteroatoms. The zero-order valence-corrected chi connectivity index (χ0v) is 8.54. The minimum Gasteiger partial charge on any atom is -0.314 e. The predicted octanol–water partition coefficient (Wildman–Crippen LogP) is 0.394. The number of piperidine rings is 1. The quantitative estimate of drug-likeness (QED) is 0.634. The summed E-state index contributed by atoms with van der Waals surface area (Å²) in [5, 5.41) is 4.63. The van der Waals surface area contributed by atoms with E-state index in [1.807, 2.05) is 0 Å². The second-order valence-electron chi connectivity index (χ2n) is 3.59. The van der Waals surface area contributed by atoms with Gasteiger partial charge in [-0.15, -0.1) is 0 Å². The van der Waals surface area contributed by atoms with Crippen LogP contribution in [0.1, 0.15) is 19.8 Å².